The van der Waals surface area contributed by atoms with Gasteiger partial charge in [-0.25, -0.2) is 0 Å². The number of rotatable bonds is 3. The fourth-order valence-electron chi connectivity index (χ4n) is 1.79. The van der Waals surface area contributed by atoms with Gasteiger partial charge in [-0.15, -0.1) is 0 Å². The fourth-order valence-corrected chi connectivity index (χ4v) is 1.79. The van der Waals surface area contributed by atoms with Gasteiger partial charge in [0.2, 0.25) is 0 Å². The maximum atomic E-state index is 5.26. The average molecular weight is 236 g/mol. The van der Waals surface area contributed by atoms with Crippen LogP contribution in [-0.4, -0.2) is 11.2 Å². The van der Waals surface area contributed by atoms with E-state index in [1.165, 1.54) is 5.39 Å². The Morgan fingerprint density at radius 2 is 1.72 bits per heavy atom. The van der Waals surface area contributed by atoms with Crippen LogP contribution in [0.1, 0.15) is 5.69 Å². The fraction of sp³-hybridized carbons (Fsp3) is 0. The van der Waals surface area contributed by atoms with Gasteiger partial charge in [-0.3, -0.25) is 0 Å². The van der Waals surface area contributed by atoms with Crippen LogP contribution in [0.25, 0.3) is 10.9 Å². The molecule has 3 nitrogen and oxygen atoms in total. The molecule has 0 radical (unpaired) electrons. The summed E-state index contributed by atoms with van der Waals surface area (Å²) in [7, 11) is 0. The molecule has 0 bridgehead atoms. The third-order valence-corrected chi connectivity index (χ3v) is 2.64. The van der Waals surface area contributed by atoms with Gasteiger partial charge in [-0.1, -0.05) is 41.6 Å². The number of fused-ring (bicyclic) bond motifs is 1. The molecule has 0 saturated carbocycles. The molecule has 0 amide bonds. The van der Waals surface area contributed by atoms with Gasteiger partial charge >= 0.3 is 0 Å². The number of nitrogens with zero attached hydrogens (tertiary/aromatic N) is 1. The van der Waals surface area contributed by atoms with Crippen molar-refractivity contribution in [3.8, 4) is 5.75 Å². The maximum absolute atomic E-state index is 5.26. The quantitative estimate of drug-likeness (QED) is 0.547. The third kappa shape index (κ3) is 2.25. The summed E-state index contributed by atoms with van der Waals surface area (Å²) >= 11 is 0. The number of aromatic amines is 1. The minimum Gasteiger partial charge on any atom is -0.357 e. The molecule has 0 aliphatic rings. The van der Waals surface area contributed by atoms with Crippen LogP contribution in [0.3, 0.4) is 0 Å². The summed E-state index contributed by atoms with van der Waals surface area (Å²) in [5.41, 5.74) is 2.02. The van der Waals surface area contributed by atoms with Crippen LogP contribution in [0.4, 0.5) is 0 Å². The van der Waals surface area contributed by atoms with E-state index in [9.17, 15) is 0 Å². The summed E-state index contributed by atoms with van der Waals surface area (Å²) < 4.78 is 0. The van der Waals surface area contributed by atoms with Crippen LogP contribution in [0.5, 0.6) is 5.75 Å². The molecule has 88 valence electrons. The van der Waals surface area contributed by atoms with E-state index in [4.69, 9.17) is 4.84 Å². The summed E-state index contributed by atoms with van der Waals surface area (Å²) in [5.74, 6) is 0.727. The molecule has 1 aromatic heterocycles. The lowest BCUT2D eigenvalue weighted by atomic mass is 10.2. The highest BCUT2D eigenvalue weighted by Gasteiger charge is 1.96. The van der Waals surface area contributed by atoms with Crippen LogP contribution >= 0.6 is 0 Å². The zero-order valence-corrected chi connectivity index (χ0v) is 9.71. The van der Waals surface area contributed by atoms with Crippen molar-refractivity contribution in [2.45, 2.75) is 0 Å². The van der Waals surface area contributed by atoms with Crippen LogP contribution < -0.4 is 4.84 Å². The van der Waals surface area contributed by atoms with E-state index in [2.05, 4.69) is 16.2 Å². The van der Waals surface area contributed by atoms with Crippen LogP contribution in [-0.2, 0) is 0 Å². The third-order valence-electron chi connectivity index (χ3n) is 2.64. The van der Waals surface area contributed by atoms with Crippen molar-refractivity contribution < 1.29 is 4.84 Å². The molecule has 3 rings (SSSR count). The van der Waals surface area contributed by atoms with E-state index in [1.807, 2.05) is 54.6 Å². The van der Waals surface area contributed by atoms with Gasteiger partial charge in [-0.2, -0.15) is 0 Å². The minimum atomic E-state index is 0.727. The lowest BCUT2D eigenvalue weighted by Gasteiger charge is -1.95. The molecule has 0 atom stereocenters. The van der Waals surface area contributed by atoms with Crippen molar-refractivity contribution >= 4 is 17.1 Å². The van der Waals surface area contributed by atoms with Gasteiger partial charge in [0.25, 0.3) is 0 Å². The lowest BCUT2D eigenvalue weighted by molar-refractivity contribution is 0.344. The summed E-state index contributed by atoms with van der Waals surface area (Å²) in [6, 6.07) is 19.6. The van der Waals surface area contributed by atoms with Gasteiger partial charge in [0, 0.05) is 10.9 Å². The number of oxime groups is 1. The monoisotopic (exact) mass is 236 g/mol. The summed E-state index contributed by atoms with van der Waals surface area (Å²) in [4.78, 5) is 8.51. The first kappa shape index (κ1) is 10.6. The van der Waals surface area contributed by atoms with Crippen molar-refractivity contribution in [3.05, 3.63) is 66.4 Å². The Balaban J connectivity index is 1.76. The number of nitrogens with one attached hydrogen (secondary N) is 1. The van der Waals surface area contributed by atoms with E-state index in [1.54, 1.807) is 6.21 Å². The van der Waals surface area contributed by atoms with Crippen molar-refractivity contribution in [2.24, 2.45) is 5.16 Å². The molecular weight excluding hydrogens is 224 g/mol. The molecule has 0 fully saturated rings. The molecule has 3 heteroatoms. The zero-order valence-electron chi connectivity index (χ0n) is 9.71. The van der Waals surface area contributed by atoms with E-state index in [0.717, 1.165) is 17.0 Å². The SMILES string of the molecule is C(=NOc1ccccc1)c1cc2ccccc2[nH]1. The van der Waals surface area contributed by atoms with E-state index in [-0.39, 0.29) is 0 Å². The first-order valence-corrected chi connectivity index (χ1v) is 5.75. The number of hydrogen-bond acceptors (Lipinski definition) is 2. The first-order valence-electron chi connectivity index (χ1n) is 5.75. The predicted molar refractivity (Wildman–Crippen MR) is 73.0 cm³/mol. The first-order chi connectivity index (χ1) is 8.92. The average Bonchev–Trinajstić information content (AvgIpc) is 2.82. The molecule has 0 spiro atoms. The Bertz CT molecular complexity index is 638. The summed E-state index contributed by atoms with van der Waals surface area (Å²) in [5, 5.41) is 5.12. The van der Waals surface area contributed by atoms with Crippen molar-refractivity contribution in [3.63, 3.8) is 0 Å². The largest absolute Gasteiger partial charge is 0.357 e. The smallest absolute Gasteiger partial charge is 0.157 e. The van der Waals surface area contributed by atoms with Crippen LogP contribution in [0.2, 0.25) is 0 Å². The molecule has 18 heavy (non-hydrogen) atoms. The second-order valence-electron chi connectivity index (χ2n) is 3.95. The maximum Gasteiger partial charge on any atom is 0.157 e. The number of para-hydroxylation sites is 2. The second kappa shape index (κ2) is 4.75. The molecule has 1 heterocycles. The van der Waals surface area contributed by atoms with E-state index < -0.39 is 0 Å². The Morgan fingerprint density at radius 1 is 0.944 bits per heavy atom. The highest BCUT2D eigenvalue weighted by atomic mass is 16.6. The molecular formula is C15H12N2O. The predicted octanol–water partition coefficient (Wildman–Crippen LogP) is 3.58. The van der Waals surface area contributed by atoms with Gasteiger partial charge in [0.1, 0.15) is 0 Å². The molecule has 1 N–H and O–H groups in total. The number of benzene rings is 2. The molecule has 0 unspecified atom stereocenters. The number of hydrogen-bond donors (Lipinski definition) is 1. The Morgan fingerprint density at radius 3 is 2.56 bits per heavy atom. The summed E-state index contributed by atoms with van der Waals surface area (Å²) in [6.45, 7) is 0. The number of H-pyrrole nitrogens is 1. The van der Waals surface area contributed by atoms with Gasteiger partial charge in [0.05, 0.1) is 11.9 Å². The van der Waals surface area contributed by atoms with Crippen molar-refractivity contribution in [1.29, 1.82) is 0 Å². The molecule has 2 aromatic carbocycles. The topological polar surface area (TPSA) is 37.4 Å². The Hall–Kier alpha value is -2.55. The zero-order chi connectivity index (χ0) is 12.2. The lowest BCUT2D eigenvalue weighted by Crippen LogP contribution is -1.86. The Kier molecular flexibility index (Phi) is 2.80. The number of aromatic nitrogens is 1. The van der Waals surface area contributed by atoms with Gasteiger partial charge < -0.3 is 9.82 Å². The van der Waals surface area contributed by atoms with Gasteiger partial charge in [-0.05, 0) is 24.3 Å². The minimum absolute atomic E-state index is 0.727. The molecule has 3 aromatic rings. The van der Waals surface area contributed by atoms with Crippen molar-refractivity contribution in [1.82, 2.24) is 4.98 Å². The standard InChI is InChI=1S/C15H12N2O/c1-2-7-14(8-3-1)18-16-11-13-10-12-6-4-5-9-15(12)17-13/h1-11,17H. The van der Waals surface area contributed by atoms with Crippen molar-refractivity contribution in [2.75, 3.05) is 0 Å². The Labute approximate surface area is 105 Å². The highest BCUT2D eigenvalue weighted by Crippen LogP contribution is 2.13. The molecule has 0 saturated heterocycles. The highest BCUT2D eigenvalue weighted by molar-refractivity contribution is 5.89. The second-order valence-corrected chi connectivity index (χ2v) is 3.95. The van der Waals surface area contributed by atoms with Crippen LogP contribution in [0, 0.1) is 0 Å². The molecule has 0 aliphatic heterocycles. The normalized spacial score (nSPS) is 11.1. The van der Waals surface area contributed by atoms with Gasteiger partial charge in [0.15, 0.2) is 5.75 Å². The van der Waals surface area contributed by atoms with E-state index in [0.29, 0.717) is 0 Å². The van der Waals surface area contributed by atoms with E-state index >= 15 is 0 Å². The summed E-state index contributed by atoms with van der Waals surface area (Å²) in [6.07, 6.45) is 1.67. The van der Waals surface area contributed by atoms with Crippen LogP contribution in [0.15, 0.2) is 65.8 Å². The molecule has 0 aliphatic carbocycles.